The molecule has 2 N–H and O–H groups in total. The molecule has 5 nitrogen and oxygen atoms in total. The Morgan fingerprint density at radius 2 is 2.09 bits per heavy atom. The van der Waals surface area contributed by atoms with Crippen LogP contribution in [0.1, 0.15) is 12.0 Å². The molecule has 0 bridgehead atoms. The van der Waals surface area contributed by atoms with Crippen LogP contribution in [0.3, 0.4) is 0 Å². The topological polar surface area (TPSA) is 48.9 Å². The first kappa shape index (κ1) is 20.2. The average molecular weight is 432 g/mol. The quantitative estimate of drug-likeness (QED) is 0.311. The van der Waals surface area contributed by atoms with Crippen LogP contribution < -0.4 is 10.6 Å². The maximum atomic E-state index is 5.74. The molecule has 1 saturated heterocycles. The molecule has 1 aromatic rings. The van der Waals surface area contributed by atoms with Gasteiger partial charge in [0, 0.05) is 33.2 Å². The lowest BCUT2D eigenvalue weighted by atomic mass is 10.1. The molecule has 0 amide bonds. The van der Waals surface area contributed by atoms with Crippen molar-refractivity contribution in [3.8, 4) is 0 Å². The smallest absolute Gasteiger partial charge is 0.191 e. The number of ether oxygens (including phenoxy) is 1. The van der Waals surface area contributed by atoms with E-state index >= 15 is 0 Å². The Morgan fingerprint density at radius 1 is 1.30 bits per heavy atom. The zero-order chi connectivity index (χ0) is 15.6. The van der Waals surface area contributed by atoms with Crippen molar-refractivity contribution in [3.05, 3.63) is 35.9 Å². The third kappa shape index (κ3) is 7.99. The summed E-state index contributed by atoms with van der Waals surface area (Å²) in [6, 6.07) is 10.6. The predicted octanol–water partition coefficient (Wildman–Crippen LogP) is 1.73. The lowest BCUT2D eigenvalue weighted by Gasteiger charge is -2.30. The monoisotopic (exact) mass is 432 g/mol. The molecular weight excluding hydrogens is 403 g/mol. The van der Waals surface area contributed by atoms with Crippen LogP contribution in [-0.2, 0) is 11.2 Å². The van der Waals surface area contributed by atoms with E-state index in [2.05, 4.69) is 57.9 Å². The Hall–Kier alpha value is -0.860. The highest BCUT2D eigenvalue weighted by Crippen LogP contribution is 2.02. The minimum atomic E-state index is 0. The molecule has 1 aromatic carbocycles. The maximum Gasteiger partial charge on any atom is 0.191 e. The van der Waals surface area contributed by atoms with Crippen LogP contribution >= 0.6 is 24.0 Å². The normalized spacial score (nSPS) is 19.0. The average Bonchev–Trinajstić information content (AvgIpc) is 2.55. The van der Waals surface area contributed by atoms with Crippen molar-refractivity contribution >= 4 is 29.9 Å². The highest BCUT2D eigenvalue weighted by atomic mass is 127. The van der Waals surface area contributed by atoms with E-state index in [4.69, 9.17) is 4.74 Å². The summed E-state index contributed by atoms with van der Waals surface area (Å²) in [5, 5.41) is 6.71. The molecule has 1 heterocycles. The van der Waals surface area contributed by atoms with Gasteiger partial charge in [-0.25, -0.2) is 0 Å². The molecule has 0 saturated carbocycles. The van der Waals surface area contributed by atoms with Gasteiger partial charge < -0.3 is 20.3 Å². The number of guanidine groups is 1. The standard InChI is InChI=1S/C17H28N4O.HI/c1-18-17(20-13-16-14-21(2)11-12-22-16)19-10-6-9-15-7-4-3-5-8-15;/h3-5,7-8,16H,6,9-14H2,1-2H3,(H2,18,19,20);1H. The molecule has 0 aliphatic carbocycles. The van der Waals surface area contributed by atoms with E-state index in [0.717, 1.165) is 51.6 Å². The van der Waals surface area contributed by atoms with Gasteiger partial charge in [-0.1, -0.05) is 30.3 Å². The molecule has 0 aromatic heterocycles. The molecule has 0 spiro atoms. The largest absolute Gasteiger partial charge is 0.374 e. The second kappa shape index (κ2) is 11.6. The van der Waals surface area contributed by atoms with Crippen molar-refractivity contribution in [1.82, 2.24) is 15.5 Å². The van der Waals surface area contributed by atoms with Gasteiger partial charge in [0.1, 0.15) is 0 Å². The summed E-state index contributed by atoms with van der Waals surface area (Å²) in [5.74, 6) is 0.852. The van der Waals surface area contributed by atoms with Gasteiger partial charge in [-0.3, -0.25) is 4.99 Å². The van der Waals surface area contributed by atoms with E-state index in [-0.39, 0.29) is 30.1 Å². The van der Waals surface area contributed by atoms with Crippen LogP contribution in [0.15, 0.2) is 35.3 Å². The number of nitrogens with zero attached hydrogens (tertiary/aromatic N) is 2. The van der Waals surface area contributed by atoms with Crippen molar-refractivity contribution in [1.29, 1.82) is 0 Å². The van der Waals surface area contributed by atoms with Crippen LogP contribution in [0.4, 0.5) is 0 Å². The second-order valence-corrected chi connectivity index (χ2v) is 5.72. The number of aliphatic imine (C=N–C) groups is 1. The lowest BCUT2D eigenvalue weighted by molar-refractivity contribution is -0.0161. The number of nitrogens with one attached hydrogen (secondary N) is 2. The maximum absolute atomic E-state index is 5.74. The van der Waals surface area contributed by atoms with Crippen LogP contribution in [0.2, 0.25) is 0 Å². The van der Waals surface area contributed by atoms with Crippen molar-refractivity contribution in [2.75, 3.05) is 46.9 Å². The van der Waals surface area contributed by atoms with E-state index < -0.39 is 0 Å². The van der Waals surface area contributed by atoms with Gasteiger partial charge in [-0.15, -0.1) is 24.0 Å². The van der Waals surface area contributed by atoms with E-state index in [1.165, 1.54) is 5.56 Å². The number of likely N-dealkylation sites (N-methyl/N-ethyl adjacent to an activating group) is 1. The van der Waals surface area contributed by atoms with E-state index in [1.54, 1.807) is 7.05 Å². The van der Waals surface area contributed by atoms with E-state index in [9.17, 15) is 0 Å². The summed E-state index contributed by atoms with van der Waals surface area (Å²) in [6.45, 7) is 4.51. The van der Waals surface area contributed by atoms with Crippen molar-refractivity contribution in [2.45, 2.75) is 18.9 Å². The molecule has 2 rings (SSSR count). The fourth-order valence-electron chi connectivity index (χ4n) is 2.57. The Kier molecular flexibility index (Phi) is 10.2. The van der Waals surface area contributed by atoms with Gasteiger partial charge >= 0.3 is 0 Å². The van der Waals surface area contributed by atoms with Crippen LogP contribution in [0.5, 0.6) is 0 Å². The Balaban J connectivity index is 0.00000264. The molecule has 1 atom stereocenters. The fraction of sp³-hybridized carbons (Fsp3) is 0.588. The van der Waals surface area contributed by atoms with Gasteiger partial charge in [-0.05, 0) is 25.5 Å². The van der Waals surface area contributed by atoms with Crippen molar-refractivity contribution in [2.24, 2.45) is 4.99 Å². The number of halogens is 1. The highest BCUT2D eigenvalue weighted by Gasteiger charge is 2.17. The Labute approximate surface area is 156 Å². The van der Waals surface area contributed by atoms with Gasteiger partial charge in [0.05, 0.1) is 12.7 Å². The van der Waals surface area contributed by atoms with Crippen LogP contribution in [0, 0.1) is 0 Å². The number of benzene rings is 1. The summed E-state index contributed by atoms with van der Waals surface area (Å²) in [5.41, 5.74) is 1.38. The van der Waals surface area contributed by atoms with Crippen molar-refractivity contribution < 1.29 is 4.74 Å². The Morgan fingerprint density at radius 3 is 2.78 bits per heavy atom. The highest BCUT2D eigenvalue weighted by molar-refractivity contribution is 14.0. The van der Waals surface area contributed by atoms with Crippen molar-refractivity contribution in [3.63, 3.8) is 0 Å². The van der Waals surface area contributed by atoms with Crippen LogP contribution in [-0.4, -0.2) is 63.8 Å². The summed E-state index contributed by atoms with van der Waals surface area (Å²) in [4.78, 5) is 6.56. The number of hydrogen-bond acceptors (Lipinski definition) is 3. The molecule has 1 aliphatic rings. The molecule has 23 heavy (non-hydrogen) atoms. The summed E-state index contributed by atoms with van der Waals surface area (Å²) in [6.07, 6.45) is 2.41. The number of hydrogen-bond donors (Lipinski definition) is 2. The molecule has 130 valence electrons. The zero-order valence-corrected chi connectivity index (χ0v) is 16.5. The van der Waals surface area contributed by atoms with E-state index in [1.807, 2.05) is 0 Å². The number of morpholine rings is 1. The fourth-order valence-corrected chi connectivity index (χ4v) is 2.57. The van der Waals surface area contributed by atoms with E-state index in [0.29, 0.717) is 0 Å². The number of rotatable bonds is 6. The molecule has 0 radical (unpaired) electrons. The molecule has 1 fully saturated rings. The Bertz CT molecular complexity index is 455. The lowest BCUT2D eigenvalue weighted by Crippen LogP contribution is -2.48. The minimum absolute atomic E-state index is 0. The van der Waals surface area contributed by atoms with Gasteiger partial charge in [0.15, 0.2) is 5.96 Å². The first-order valence-electron chi connectivity index (χ1n) is 8.06. The third-order valence-corrected chi connectivity index (χ3v) is 3.84. The minimum Gasteiger partial charge on any atom is -0.374 e. The molecular formula is C17H29IN4O. The molecule has 6 heteroatoms. The van der Waals surface area contributed by atoms with Gasteiger partial charge in [0.25, 0.3) is 0 Å². The van der Waals surface area contributed by atoms with Crippen LogP contribution in [0.25, 0.3) is 0 Å². The zero-order valence-electron chi connectivity index (χ0n) is 14.1. The third-order valence-electron chi connectivity index (χ3n) is 3.84. The SMILES string of the molecule is CN=C(NCCCc1ccccc1)NCC1CN(C)CCO1.I. The summed E-state index contributed by atoms with van der Waals surface area (Å²) >= 11 is 0. The molecule has 1 unspecified atom stereocenters. The van der Waals surface area contributed by atoms with Gasteiger partial charge in [-0.2, -0.15) is 0 Å². The first-order valence-corrected chi connectivity index (χ1v) is 8.06. The summed E-state index contributed by atoms with van der Waals surface area (Å²) < 4.78 is 5.74. The second-order valence-electron chi connectivity index (χ2n) is 5.72. The number of aryl methyl sites for hydroxylation is 1. The molecule has 1 aliphatic heterocycles. The van der Waals surface area contributed by atoms with Gasteiger partial charge in [0.2, 0.25) is 0 Å². The predicted molar refractivity (Wildman–Crippen MR) is 107 cm³/mol. The summed E-state index contributed by atoms with van der Waals surface area (Å²) in [7, 11) is 3.94. The first-order chi connectivity index (χ1) is 10.8.